The Morgan fingerprint density at radius 1 is 1.23 bits per heavy atom. The van der Waals surface area contributed by atoms with Gasteiger partial charge in [0, 0.05) is 12.8 Å². The maximum absolute atomic E-state index is 11.8. The van der Waals surface area contributed by atoms with Crippen molar-refractivity contribution >= 4 is 23.8 Å². The third kappa shape index (κ3) is 4.08. The maximum atomic E-state index is 11.8. The van der Waals surface area contributed by atoms with E-state index in [0.29, 0.717) is 42.7 Å². The van der Waals surface area contributed by atoms with Crippen LogP contribution < -0.4 is 16.2 Å². The topological polar surface area (TPSA) is 119 Å². The molecule has 2 aliphatic heterocycles. The maximum Gasteiger partial charge on any atom is 0.459 e. The van der Waals surface area contributed by atoms with Gasteiger partial charge < -0.3 is 25.5 Å². The Kier molecular flexibility index (Phi) is 5.83. The number of nitrogens with zero attached hydrogens (tertiary/aromatic N) is 2. The molecule has 31 heavy (non-hydrogen) atoms. The summed E-state index contributed by atoms with van der Waals surface area (Å²) in [5, 5.41) is 0.445. The summed E-state index contributed by atoms with van der Waals surface area (Å²) < 4.78 is 12.8. The Morgan fingerprint density at radius 3 is 2.61 bits per heavy atom. The van der Waals surface area contributed by atoms with Crippen molar-refractivity contribution in [3.63, 3.8) is 0 Å². The molecule has 2 aliphatic rings. The number of aromatic nitrogens is 1. The fraction of sp³-hybridized carbons (Fsp3) is 0.429. The van der Waals surface area contributed by atoms with E-state index in [-0.39, 0.29) is 23.0 Å². The van der Waals surface area contributed by atoms with E-state index in [2.05, 4.69) is 0 Å². The van der Waals surface area contributed by atoms with Crippen LogP contribution in [-0.2, 0) is 22.7 Å². The number of quaternary nitrogens is 1. The molecular weight excluding hydrogens is 424 g/mol. The lowest BCUT2D eigenvalue weighted by atomic mass is 10.0. The quantitative estimate of drug-likeness (QED) is 0.695. The summed E-state index contributed by atoms with van der Waals surface area (Å²) in [6.07, 6.45) is -0.352. The van der Waals surface area contributed by atoms with E-state index >= 15 is 0 Å². The highest BCUT2D eigenvalue weighted by Crippen LogP contribution is 2.46. The van der Waals surface area contributed by atoms with Crippen LogP contribution in [0.25, 0.3) is 11.1 Å². The van der Waals surface area contributed by atoms with Gasteiger partial charge in [0.25, 0.3) is 0 Å². The Hall–Kier alpha value is -2.75. The number of hydroxylamine groups is 3. The average Bonchev–Trinajstić information content (AvgIpc) is 2.98. The number of nitrogens with two attached hydrogens (primary N) is 2. The Morgan fingerprint density at radius 2 is 1.97 bits per heavy atom. The SMILES string of the molecule is Cc1cccc(-c2c(OC(N)=O)c3n(c2Cl)CC[N+](OC(N)=O)(C2CCOCC2)C3)c1. The lowest BCUT2D eigenvalue weighted by Gasteiger charge is -2.44. The van der Waals surface area contributed by atoms with E-state index in [9.17, 15) is 9.59 Å². The number of aryl methyl sites for hydroxylation is 1. The Labute approximate surface area is 184 Å². The summed E-state index contributed by atoms with van der Waals surface area (Å²) in [6.45, 7) is 4.32. The smallest absolute Gasteiger partial charge is 0.408 e. The number of halogens is 1. The molecule has 2 amide bonds. The van der Waals surface area contributed by atoms with E-state index in [4.69, 9.17) is 37.4 Å². The van der Waals surface area contributed by atoms with Gasteiger partial charge in [-0.05, 0) is 12.5 Å². The lowest BCUT2D eigenvalue weighted by Crippen LogP contribution is -2.61. The van der Waals surface area contributed by atoms with Crippen molar-refractivity contribution in [2.45, 2.75) is 38.9 Å². The number of carbonyl (C=O) groups excluding carboxylic acids is 2. The number of hydrogen-bond acceptors (Lipinski definition) is 5. The van der Waals surface area contributed by atoms with Crippen molar-refractivity contribution < 1.29 is 28.5 Å². The first kappa shape index (κ1) is 21.5. The van der Waals surface area contributed by atoms with E-state index in [1.54, 1.807) is 0 Å². The van der Waals surface area contributed by atoms with Crippen molar-refractivity contribution in [2.75, 3.05) is 19.8 Å². The highest BCUT2D eigenvalue weighted by Gasteiger charge is 2.48. The third-order valence-corrected chi connectivity index (χ3v) is 6.41. The molecule has 1 aromatic heterocycles. The summed E-state index contributed by atoms with van der Waals surface area (Å²) in [5.74, 6) is 0.283. The standard InChI is InChI=1S/C21H25ClN4O5/c1-13-3-2-4-14(11-13)17-18(30-20(23)27)16-12-26(31-21(24)28,8-7-25(16)19(17)22)15-5-9-29-10-6-15/h2-4,11,15H,5-10,12H2,1H3,(H3-,23,24,27,28)/p+1. The molecule has 0 spiro atoms. The fourth-order valence-electron chi connectivity index (χ4n) is 4.67. The molecule has 166 valence electrons. The van der Waals surface area contributed by atoms with E-state index in [1.807, 2.05) is 35.8 Å². The third-order valence-electron chi connectivity index (χ3n) is 6.02. The second kappa shape index (κ2) is 8.41. The minimum Gasteiger partial charge on any atom is -0.408 e. The zero-order valence-corrected chi connectivity index (χ0v) is 18.1. The molecule has 1 aromatic carbocycles. The molecule has 1 atom stereocenters. The van der Waals surface area contributed by atoms with Crippen molar-refractivity contribution in [2.24, 2.45) is 11.5 Å². The monoisotopic (exact) mass is 449 g/mol. The van der Waals surface area contributed by atoms with Gasteiger partial charge in [-0.1, -0.05) is 41.4 Å². The summed E-state index contributed by atoms with van der Waals surface area (Å²) in [7, 11) is 0. The second-order valence-corrected chi connectivity index (χ2v) is 8.33. The molecule has 1 unspecified atom stereocenters. The number of fused-ring (bicyclic) bond motifs is 1. The first-order chi connectivity index (χ1) is 14.8. The van der Waals surface area contributed by atoms with Crippen LogP contribution in [0.3, 0.4) is 0 Å². The molecule has 0 bridgehead atoms. The summed E-state index contributed by atoms with van der Waals surface area (Å²) in [5.41, 5.74) is 13.9. The summed E-state index contributed by atoms with van der Waals surface area (Å²) >= 11 is 6.77. The molecule has 4 rings (SSSR count). The number of amides is 2. The average molecular weight is 450 g/mol. The van der Waals surface area contributed by atoms with Crippen molar-refractivity contribution in [3.8, 4) is 16.9 Å². The zero-order chi connectivity index (χ0) is 22.2. The Bertz CT molecular complexity index is 1020. The first-order valence-electron chi connectivity index (χ1n) is 10.2. The zero-order valence-electron chi connectivity index (χ0n) is 17.3. The van der Waals surface area contributed by atoms with Crippen LogP contribution in [0.15, 0.2) is 24.3 Å². The minimum absolute atomic E-state index is 0.00140. The molecule has 1 fully saturated rings. The number of rotatable bonds is 4. The number of ether oxygens (including phenoxy) is 2. The normalized spacial score (nSPS) is 21.4. The predicted molar refractivity (Wildman–Crippen MR) is 113 cm³/mol. The number of carbonyl (C=O) groups is 2. The Balaban J connectivity index is 1.84. The molecule has 2 aromatic rings. The highest BCUT2D eigenvalue weighted by molar-refractivity contribution is 6.33. The van der Waals surface area contributed by atoms with Crippen LogP contribution in [0, 0.1) is 6.92 Å². The minimum atomic E-state index is -0.940. The molecule has 3 heterocycles. The van der Waals surface area contributed by atoms with Gasteiger partial charge in [-0.25, -0.2) is 9.59 Å². The summed E-state index contributed by atoms with van der Waals surface area (Å²) in [4.78, 5) is 29.3. The van der Waals surface area contributed by atoms with Gasteiger partial charge in [0.1, 0.15) is 23.4 Å². The van der Waals surface area contributed by atoms with Crippen LogP contribution >= 0.6 is 11.6 Å². The molecule has 9 nitrogen and oxygen atoms in total. The van der Waals surface area contributed by atoms with E-state index in [0.717, 1.165) is 24.0 Å². The fourth-order valence-corrected chi connectivity index (χ4v) is 5.05. The van der Waals surface area contributed by atoms with Gasteiger partial charge in [-0.15, -0.1) is 4.65 Å². The van der Waals surface area contributed by atoms with Crippen molar-refractivity contribution in [3.05, 3.63) is 40.7 Å². The van der Waals surface area contributed by atoms with Crippen molar-refractivity contribution in [1.82, 2.24) is 4.57 Å². The molecular formula is C21H26ClN4O5+. The molecule has 0 saturated carbocycles. The van der Waals surface area contributed by atoms with Crippen LogP contribution in [-0.4, -0.2) is 47.2 Å². The number of primary amides is 2. The first-order valence-corrected chi connectivity index (χ1v) is 10.6. The van der Waals surface area contributed by atoms with Gasteiger partial charge in [0.15, 0.2) is 12.3 Å². The van der Waals surface area contributed by atoms with Gasteiger partial charge in [-0.2, -0.15) is 0 Å². The molecule has 0 radical (unpaired) electrons. The van der Waals surface area contributed by atoms with Gasteiger partial charge in [0.05, 0.1) is 25.3 Å². The van der Waals surface area contributed by atoms with Crippen LogP contribution in [0.5, 0.6) is 5.75 Å². The van der Waals surface area contributed by atoms with Crippen LogP contribution in [0.1, 0.15) is 24.1 Å². The van der Waals surface area contributed by atoms with E-state index < -0.39 is 12.2 Å². The van der Waals surface area contributed by atoms with Crippen LogP contribution in [0.2, 0.25) is 5.15 Å². The second-order valence-electron chi connectivity index (χ2n) is 7.97. The number of hydrogen-bond donors (Lipinski definition) is 2. The lowest BCUT2D eigenvalue weighted by molar-refractivity contribution is -1.12. The highest BCUT2D eigenvalue weighted by atomic mass is 35.5. The van der Waals surface area contributed by atoms with Crippen molar-refractivity contribution in [1.29, 1.82) is 0 Å². The van der Waals surface area contributed by atoms with Gasteiger partial charge in [-0.3, -0.25) is 4.84 Å². The van der Waals surface area contributed by atoms with E-state index in [1.165, 1.54) is 0 Å². The predicted octanol–water partition coefficient (Wildman–Crippen LogP) is 3.09. The molecule has 0 aliphatic carbocycles. The van der Waals surface area contributed by atoms with Gasteiger partial charge in [0.2, 0.25) is 0 Å². The largest absolute Gasteiger partial charge is 0.459 e. The molecule has 1 saturated heterocycles. The van der Waals surface area contributed by atoms with Gasteiger partial charge >= 0.3 is 12.2 Å². The molecule has 10 heteroatoms. The number of benzene rings is 1. The summed E-state index contributed by atoms with van der Waals surface area (Å²) in [6, 6.07) is 7.74. The molecule has 4 N–H and O–H groups in total. The van der Waals surface area contributed by atoms with Crippen LogP contribution in [0.4, 0.5) is 9.59 Å².